The van der Waals surface area contributed by atoms with Crippen molar-refractivity contribution in [3.63, 3.8) is 0 Å². The molecule has 0 unspecified atom stereocenters. The summed E-state index contributed by atoms with van der Waals surface area (Å²) in [5, 5.41) is 0. The highest BCUT2D eigenvalue weighted by Crippen LogP contribution is 1.91. The summed E-state index contributed by atoms with van der Waals surface area (Å²) in [5.41, 5.74) is 0.462. The summed E-state index contributed by atoms with van der Waals surface area (Å²) in [6.45, 7) is 7.51. The second kappa shape index (κ2) is 12.5. The van der Waals surface area contributed by atoms with Gasteiger partial charge in [-0.2, -0.15) is 0 Å². The van der Waals surface area contributed by atoms with Crippen LogP contribution in [0.15, 0.2) is 12.2 Å². The summed E-state index contributed by atoms with van der Waals surface area (Å²) >= 11 is 0. The van der Waals surface area contributed by atoms with E-state index in [1.807, 2.05) is 6.92 Å². The Labute approximate surface area is 93.5 Å². The second-order valence-electron chi connectivity index (χ2n) is 3.42. The topological polar surface area (TPSA) is 30.7 Å². The first-order chi connectivity index (χ1) is 5.91. The van der Waals surface area contributed by atoms with E-state index >= 15 is 0 Å². The van der Waals surface area contributed by atoms with Crippen LogP contribution in [0.25, 0.3) is 0 Å². The molecule has 0 atom stereocenters. The van der Waals surface area contributed by atoms with Crippen LogP contribution >= 0.6 is 0 Å². The third-order valence-corrected chi connectivity index (χ3v) is 0.786. The van der Waals surface area contributed by atoms with Gasteiger partial charge in [-0.05, 0) is 13.3 Å². The van der Waals surface area contributed by atoms with Gasteiger partial charge in [0.15, 0.2) is 0 Å². The maximum atomic E-state index is 10.6. The van der Waals surface area contributed by atoms with Crippen LogP contribution in [-0.4, -0.2) is 33.7 Å². The number of esters is 1. The Kier molecular flexibility index (Phi) is 17.0. The quantitative estimate of drug-likeness (QED) is 0.417. The van der Waals surface area contributed by atoms with Gasteiger partial charge in [-0.3, -0.25) is 0 Å². The molecule has 0 aliphatic heterocycles. The third-order valence-electron chi connectivity index (χ3n) is 0.786. The fourth-order valence-corrected chi connectivity index (χ4v) is 0.318. The molecule has 0 aromatic heterocycles. The molecule has 0 saturated heterocycles. The van der Waals surface area contributed by atoms with E-state index < -0.39 is 0 Å². The van der Waals surface area contributed by atoms with E-state index in [2.05, 4.69) is 27.7 Å². The first-order valence-corrected chi connectivity index (χ1v) is 4.51. The lowest BCUT2D eigenvalue weighted by Crippen LogP contribution is -3.02. The summed E-state index contributed by atoms with van der Waals surface area (Å²) < 4.78 is 4.71. The van der Waals surface area contributed by atoms with Crippen LogP contribution in [0.4, 0.5) is 0 Å². The molecule has 0 spiro atoms. The Morgan fingerprint density at radius 1 is 1.36 bits per heavy atom. The monoisotopic (exact) mass is 223 g/mol. The summed E-state index contributed by atoms with van der Waals surface area (Å²) in [6.07, 6.45) is 0.860. The molecule has 0 radical (unpaired) electrons. The van der Waals surface area contributed by atoms with Crippen molar-refractivity contribution in [3.8, 4) is 0 Å². The predicted molar refractivity (Wildman–Crippen MR) is 54.8 cm³/mol. The van der Waals surface area contributed by atoms with Gasteiger partial charge in [0.05, 0.1) is 27.7 Å². The highest BCUT2D eigenvalue weighted by Gasteiger charge is 1.99. The molecule has 0 saturated carbocycles. The number of carbonyl (C=O) groups is 1. The van der Waals surface area contributed by atoms with Gasteiger partial charge in [0, 0.05) is 5.57 Å². The normalized spacial score (nSPS) is 8.14. The molecule has 0 aromatic carbocycles. The molecule has 1 N–H and O–H groups in total. The van der Waals surface area contributed by atoms with Crippen molar-refractivity contribution in [2.75, 3.05) is 27.7 Å². The number of hydrogen-bond donors (Lipinski definition) is 1. The van der Waals surface area contributed by atoms with Crippen molar-refractivity contribution in [1.82, 2.24) is 0 Å². The number of ether oxygens (including phenoxy) is 1. The van der Waals surface area contributed by atoms with Gasteiger partial charge in [0.25, 0.3) is 0 Å². The zero-order valence-electron chi connectivity index (χ0n) is 9.82. The van der Waals surface area contributed by atoms with Crippen molar-refractivity contribution >= 4 is 5.97 Å². The minimum atomic E-state index is -0.295. The van der Waals surface area contributed by atoms with E-state index in [9.17, 15) is 4.79 Å². The van der Waals surface area contributed by atoms with Gasteiger partial charge < -0.3 is 22.0 Å². The lowest BCUT2D eigenvalue weighted by molar-refractivity contribution is -0.836. The van der Waals surface area contributed by atoms with Gasteiger partial charge in [-0.15, -0.1) is 0 Å². The number of halogens is 1. The first-order valence-electron chi connectivity index (χ1n) is 4.51. The molecular formula is C10H22ClNO2. The zero-order valence-corrected chi connectivity index (χ0v) is 10.6. The zero-order chi connectivity index (χ0) is 10.9. The van der Waals surface area contributed by atoms with Crippen molar-refractivity contribution in [3.05, 3.63) is 12.2 Å². The number of carbonyl (C=O) groups excluding carboxylic acids is 1. The molecule has 4 heteroatoms. The molecule has 0 bridgehead atoms. The van der Waals surface area contributed by atoms with E-state index in [1.165, 1.54) is 4.90 Å². The van der Waals surface area contributed by atoms with Crippen LogP contribution in [0.1, 0.15) is 20.3 Å². The molecule has 3 nitrogen and oxygen atoms in total. The maximum Gasteiger partial charge on any atom is 0.333 e. The summed E-state index contributed by atoms with van der Waals surface area (Å²) in [7, 11) is 6.25. The van der Waals surface area contributed by atoms with Crippen LogP contribution in [0, 0.1) is 0 Å². The predicted octanol–water partition coefficient (Wildman–Crippen LogP) is -2.72. The number of quaternary nitrogens is 1. The molecule has 0 fully saturated rings. The molecule has 0 rings (SSSR count). The van der Waals surface area contributed by atoms with Crippen molar-refractivity contribution in [1.29, 1.82) is 0 Å². The van der Waals surface area contributed by atoms with Gasteiger partial charge in [0.1, 0.15) is 0 Å². The van der Waals surface area contributed by atoms with E-state index in [1.54, 1.807) is 6.92 Å². The highest BCUT2D eigenvalue weighted by atomic mass is 35.5. The molecule has 0 amide bonds. The van der Waals surface area contributed by atoms with E-state index in [0.717, 1.165) is 6.42 Å². The minimum Gasteiger partial charge on any atom is -1.00 e. The van der Waals surface area contributed by atoms with Crippen molar-refractivity contribution in [2.45, 2.75) is 20.3 Å². The SMILES string of the molecule is C=C(C)C(=O)OCCC.C[NH+](C)C.[Cl-]. The van der Waals surface area contributed by atoms with Gasteiger partial charge in [0.2, 0.25) is 0 Å². The molecule has 0 aromatic rings. The van der Waals surface area contributed by atoms with E-state index in [4.69, 9.17) is 4.74 Å². The molecule has 14 heavy (non-hydrogen) atoms. The van der Waals surface area contributed by atoms with E-state index in [-0.39, 0.29) is 18.4 Å². The van der Waals surface area contributed by atoms with Gasteiger partial charge in [-0.1, -0.05) is 13.5 Å². The largest absolute Gasteiger partial charge is 1.00 e. The van der Waals surface area contributed by atoms with Crippen LogP contribution < -0.4 is 17.3 Å². The lowest BCUT2D eigenvalue weighted by Gasteiger charge is -1.99. The third kappa shape index (κ3) is 22.5. The van der Waals surface area contributed by atoms with Crippen molar-refractivity contribution < 1.29 is 26.8 Å². The Balaban J connectivity index is -0.000000209. The smallest absolute Gasteiger partial charge is 0.333 e. The average molecular weight is 224 g/mol. The van der Waals surface area contributed by atoms with Gasteiger partial charge >= 0.3 is 5.97 Å². The van der Waals surface area contributed by atoms with Crippen LogP contribution in [0.3, 0.4) is 0 Å². The average Bonchev–Trinajstić information content (AvgIpc) is 1.98. The standard InChI is InChI=1S/C7H12O2.C3H9N.ClH/c1-4-5-9-7(8)6(2)3;1-4(2)3;/h2,4-5H2,1,3H3;1-3H3;1H. The number of rotatable bonds is 3. The van der Waals surface area contributed by atoms with Gasteiger partial charge in [-0.25, -0.2) is 4.79 Å². The van der Waals surface area contributed by atoms with Crippen molar-refractivity contribution in [2.24, 2.45) is 0 Å². The van der Waals surface area contributed by atoms with E-state index in [0.29, 0.717) is 12.2 Å². The highest BCUT2D eigenvalue weighted by molar-refractivity contribution is 5.86. The molecule has 0 heterocycles. The molecular weight excluding hydrogens is 202 g/mol. The van der Waals surface area contributed by atoms with Crippen LogP contribution in [0.2, 0.25) is 0 Å². The Hall–Kier alpha value is -0.540. The lowest BCUT2D eigenvalue weighted by atomic mass is 10.4. The number of hydrogen-bond acceptors (Lipinski definition) is 2. The van der Waals surface area contributed by atoms with Crippen LogP contribution in [-0.2, 0) is 9.53 Å². The minimum absolute atomic E-state index is 0. The Bertz CT molecular complexity index is 155. The summed E-state index contributed by atoms with van der Waals surface area (Å²) in [5.74, 6) is -0.295. The summed E-state index contributed by atoms with van der Waals surface area (Å²) in [6, 6.07) is 0. The molecule has 0 aliphatic carbocycles. The fraction of sp³-hybridized carbons (Fsp3) is 0.700. The Morgan fingerprint density at radius 3 is 1.93 bits per heavy atom. The molecule has 0 aliphatic rings. The number of nitrogens with one attached hydrogen (secondary N) is 1. The summed E-state index contributed by atoms with van der Waals surface area (Å²) in [4.78, 5) is 12.0. The Morgan fingerprint density at radius 2 is 1.71 bits per heavy atom. The second-order valence-corrected chi connectivity index (χ2v) is 3.42. The maximum absolute atomic E-state index is 10.6. The van der Waals surface area contributed by atoms with Crippen LogP contribution in [0.5, 0.6) is 0 Å². The molecule has 86 valence electrons. The fourth-order valence-electron chi connectivity index (χ4n) is 0.318. The first kappa shape index (κ1) is 19.1.